The van der Waals surface area contributed by atoms with Gasteiger partial charge in [-0.05, 0) is 50.6 Å². The number of piperazine rings is 1. The maximum absolute atomic E-state index is 13.3. The Morgan fingerprint density at radius 1 is 1.26 bits per heavy atom. The second-order valence-corrected chi connectivity index (χ2v) is 8.94. The van der Waals surface area contributed by atoms with Crippen molar-refractivity contribution >= 4 is 29.1 Å². The molecule has 3 aliphatic rings. The summed E-state index contributed by atoms with van der Waals surface area (Å²) >= 11 is 12.1. The molecule has 7 heteroatoms. The summed E-state index contributed by atoms with van der Waals surface area (Å²) in [6.07, 6.45) is 2.80. The van der Waals surface area contributed by atoms with Gasteiger partial charge in [0.05, 0.1) is 47.3 Å². The molecule has 0 bridgehead atoms. The van der Waals surface area contributed by atoms with Crippen molar-refractivity contribution in [2.45, 2.75) is 43.8 Å². The van der Waals surface area contributed by atoms with Gasteiger partial charge < -0.3 is 15.0 Å². The van der Waals surface area contributed by atoms with E-state index in [1.807, 2.05) is 6.07 Å². The molecule has 1 N–H and O–H groups in total. The van der Waals surface area contributed by atoms with Gasteiger partial charge in [-0.2, -0.15) is 0 Å². The molecule has 0 saturated carbocycles. The van der Waals surface area contributed by atoms with Gasteiger partial charge in [-0.15, -0.1) is 0 Å². The maximum atomic E-state index is 13.3. The van der Waals surface area contributed by atoms with Crippen LogP contribution >= 0.6 is 23.2 Å². The molecule has 3 fully saturated rings. The average Bonchev–Trinajstić information content (AvgIpc) is 3.17. The van der Waals surface area contributed by atoms with Crippen molar-refractivity contribution in [3.8, 4) is 0 Å². The monoisotopic (exact) mass is 411 g/mol. The Morgan fingerprint density at radius 3 is 2.78 bits per heavy atom. The van der Waals surface area contributed by atoms with Crippen LogP contribution in [0.1, 0.15) is 25.3 Å². The molecule has 3 aliphatic heterocycles. The molecule has 0 aromatic heterocycles. The van der Waals surface area contributed by atoms with E-state index in [4.69, 9.17) is 27.9 Å². The highest BCUT2D eigenvalue weighted by Crippen LogP contribution is 2.32. The minimum atomic E-state index is -0.211. The number of ether oxygens (including phenoxy) is 1. The number of carbonyl (C=O) groups excluding carboxylic acids is 1. The van der Waals surface area contributed by atoms with E-state index >= 15 is 0 Å². The van der Waals surface area contributed by atoms with Gasteiger partial charge in [0.1, 0.15) is 0 Å². The number of amides is 1. The van der Waals surface area contributed by atoms with Crippen LogP contribution in [0.25, 0.3) is 0 Å². The Morgan fingerprint density at radius 2 is 2.04 bits per heavy atom. The summed E-state index contributed by atoms with van der Waals surface area (Å²) in [4.78, 5) is 17.9. The van der Waals surface area contributed by atoms with E-state index in [2.05, 4.69) is 22.0 Å². The van der Waals surface area contributed by atoms with Crippen molar-refractivity contribution in [2.75, 3.05) is 39.4 Å². The SMILES string of the molecule is CC12COCC(N3CCCC3)[C@H]1N(C(=O)Cc1ccc(Cl)c(Cl)c1)CCN2. The number of nitrogens with zero attached hydrogens (tertiary/aromatic N) is 2. The summed E-state index contributed by atoms with van der Waals surface area (Å²) in [5.74, 6) is 0.150. The number of hydrogen-bond donors (Lipinski definition) is 1. The molecule has 4 rings (SSSR count). The summed E-state index contributed by atoms with van der Waals surface area (Å²) < 4.78 is 5.97. The molecule has 1 amide bonds. The second-order valence-electron chi connectivity index (χ2n) is 8.13. The minimum Gasteiger partial charge on any atom is -0.378 e. The van der Waals surface area contributed by atoms with E-state index in [0.29, 0.717) is 29.7 Å². The number of halogens is 2. The van der Waals surface area contributed by atoms with Gasteiger partial charge in [0, 0.05) is 13.1 Å². The number of likely N-dealkylation sites (tertiary alicyclic amines) is 1. The molecule has 3 heterocycles. The third-order valence-corrected chi connectivity index (χ3v) is 6.93. The number of hydrogen-bond acceptors (Lipinski definition) is 4. The quantitative estimate of drug-likeness (QED) is 0.829. The van der Waals surface area contributed by atoms with E-state index < -0.39 is 0 Å². The zero-order valence-electron chi connectivity index (χ0n) is 15.7. The Labute approximate surface area is 170 Å². The van der Waals surface area contributed by atoms with Crippen molar-refractivity contribution in [3.05, 3.63) is 33.8 Å². The third-order valence-electron chi connectivity index (χ3n) is 6.19. The number of nitrogens with one attached hydrogen (secondary N) is 1. The third kappa shape index (κ3) is 3.85. The molecule has 1 aromatic rings. The topological polar surface area (TPSA) is 44.8 Å². The van der Waals surface area contributed by atoms with Crippen molar-refractivity contribution < 1.29 is 9.53 Å². The Hall–Kier alpha value is -0.850. The smallest absolute Gasteiger partial charge is 0.227 e. The van der Waals surface area contributed by atoms with Crippen LogP contribution in [-0.4, -0.2) is 72.7 Å². The molecule has 2 unspecified atom stereocenters. The Balaban J connectivity index is 1.57. The lowest BCUT2D eigenvalue weighted by molar-refractivity contribution is -0.150. The van der Waals surface area contributed by atoms with Crippen molar-refractivity contribution in [1.29, 1.82) is 0 Å². The molecule has 0 aliphatic carbocycles. The molecule has 0 radical (unpaired) electrons. The van der Waals surface area contributed by atoms with Crippen LogP contribution < -0.4 is 5.32 Å². The van der Waals surface area contributed by atoms with Crippen LogP contribution in [0.4, 0.5) is 0 Å². The minimum absolute atomic E-state index is 0.119. The summed E-state index contributed by atoms with van der Waals surface area (Å²) in [6.45, 7) is 7.22. The van der Waals surface area contributed by atoms with Gasteiger partial charge in [0.2, 0.25) is 5.91 Å². The summed E-state index contributed by atoms with van der Waals surface area (Å²) in [6, 6.07) is 5.81. The van der Waals surface area contributed by atoms with Crippen molar-refractivity contribution in [1.82, 2.24) is 15.1 Å². The van der Waals surface area contributed by atoms with Crippen molar-refractivity contribution in [3.63, 3.8) is 0 Å². The maximum Gasteiger partial charge on any atom is 0.227 e. The van der Waals surface area contributed by atoms with Crippen LogP contribution in [0.15, 0.2) is 18.2 Å². The van der Waals surface area contributed by atoms with Crippen LogP contribution in [0.2, 0.25) is 10.0 Å². The molecule has 148 valence electrons. The summed E-state index contributed by atoms with van der Waals surface area (Å²) in [5.41, 5.74) is 0.691. The largest absolute Gasteiger partial charge is 0.378 e. The molecule has 27 heavy (non-hydrogen) atoms. The Kier molecular flexibility index (Phi) is 5.68. The van der Waals surface area contributed by atoms with Gasteiger partial charge in [-0.1, -0.05) is 29.3 Å². The first-order chi connectivity index (χ1) is 13.0. The van der Waals surface area contributed by atoms with Gasteiger partial charge in [0.15, 0.2) is 0 Å². The summed E-state index contributed by atoms with van der Waals surface area (Å²) in [5, 5.41) is 4.64. The first-order valence-electron chi connectivity index (χ1n) is 9.78. The lowest BCUT2D eigenvalue weighted by atomic mass is 9.81. The molecular formula is C20H27Cl2N3O2. The fraction of sp³-hybridized carbons (Fsp3) is 0.650. The highest BCUT2D eigenvalue weighted by atomic mass is 35.5. The predicted molar refractivity (Wildman–Crippen MR) is 107 cm³/mol. The second kappa shape index (κ2) is 7.88. The van der Waals surface area contributed by atoms with Crippen molar-refractivity contribution in [2.24, 2.45) is 0 Å². The first kappa shape index (κ1) is 19.5. The van der Waals surface area contributed by atoms with Crippen LogP contribution in [-0.2, 0) is 16.0 Å². The Bertz CT molecular complexity index is 706. The van der Waals surface area contributed by atoms with Gasteiger partial charge >= 0.3 is 0 Å². The van der Waals surface area contributed by atoms with Gasteiger partial charge in [0.25, 0.3) is 0 Å². The van der Waals surface area contributed by atoms with Gasteiger partial charge in [-0.25, -0.2) is 0 Å². The fourth-order valence-corrected chi connectivity index (χ4v) is 5.21. The predicted octanol–water partition coefficient (Wildman–Crippen LogP) is 2.59. The van der Waals surface area contributed by atoms with Gasteiger partial charge in [-0.3, -0.25) is 9.69 Å². The molecular weight excluding hydrogens is 385 g/mol. The van der Waals surface area contributed by atoms with E-state index in [-0.39, 0.29) is 23.5 Å². The average molecular weight is 412 g/mol. The fourth-order valence-electron chi connectivity index (χ4n) is 4.89. The highest BCUT2D eigenvalue weighted by Gasteiger charge is 2.51. The number of fused-ring (bicyclic) bond motifs is 1. The first-order valence-corrected chi connectivity index (χ1v) is 10.5. The zero-order chi connectivity index (χ0) is 19.0. The standard InChI is InChI=1S/C20H27Cl2N3O2/c1-20-13-27-12-17(24-7-2-3-8-24)19(20)25(9-6-23-20)18(26)11-14-4-5-15(21)16(22)10-14/h4-5,10,17,19,23H,2-3,6-9,11-13H2,1H3/t17?,19-,20?/m1/s1. The normalized spacial score (nSPS) is 31.7. The highest BCUT2D eigenvalue weighted by molar-refractivity contribution is 6.42. The molecule has 3 atom stereocenters. The lowest BCUT2D eigenvalue weighted by Crippen LogP contribution is -2.76. The molecule has 5 nitrogen and oxygen atoms in total. The van der Waals surface area contributed by atoms with Crippen LogP contribution in [0.5, 0.6) is 0 Å². The van der Waals surface area contributed by atoms with E-state index in [9.17, 15) is 4.79 Å². The molecule has 1 aromatic carbocycles. The zero-order valence-corrected chi connectivity index (χ0v) is 17.2. The number of benzene rings is 1. The lowest BCUT2D eigenvalue weighted by Gasteiger charge is -2.56. The molecule has 3 saturated heterocycles. The summed E-state index contributed by atoms with van der Waals surface area (Å²) in [7, 11) is 0. The van der Waals surface area contributed by atoms with E-state index in [1.165, 1.54) is 12.8 Å². The van der Waals surface area contributed by atoms with E-state index in [1.54, 1.807) is 12.1 Å². The molecule has 0 spiro atoms. The number of carbonyl (C=O) groups is 1. The number of rotatable bonds is 3. The van der Waals surface area contributed by atoms with Crippen LogP contribution in [0.3, 0.4) is 0 Å². The van der Waals surface area contributed by atoms with E-state index in [0.717, 1.165) is 31.7 Å². The van der Waals surface area contributed by atoms with Crippen LogP contribution in [0, 0.1) is 0 Å².